The summed E-state index contributed by atoms with van der Waals surface area (Å²) in [5.74, 6) is -0.744. The molecule has 0 aromatic heterocycles. The maximum absolute atomic E-state index is 11.4. The van der Waals surface area contributed by atoms with Crippen LogP contribution in [0.4, 0.5) is 4.79 Å². The Bertz CT molecular complexity index is 411. The van der Waals surface area contributed by atoms with Gasteiger partial charge in [0.25, 0.3) is 0 Å². The second kappa shape index (κ2) is 10.2. The molecule has 20 heavy (non-hydrogen) atoms. The molecular weight excluding hydrogens is 282 g/mol. The van der Waals surface area contributed by atoms with Crippen LogP contribution >= 0.6 is 12.4 Å². The summed E-state index contributed by atoms with van der Waals surface area (Å²) >= 11 is 0. The maximum Gasteiger partial charge on any atom is 0.516 e. The van der Waals surface area contributed by atoms with Gasteiger partial charge in [-0.05, 0) is 31.7 Å². The van der Waals surface area contributed by atoms with Gasteiger partial charge in [0, 0.05) is 0 Å². The molecule has 0 amide bonds. The number of hydrogen-bond donors (Lipinski definition) is 1. The number of rotatable bonds is 6. The number of nitrogens with two attached hydrogens (primary N) is 1. The molecular formula is C14H20ClNO4. The summed E-state index contributed by atoms with van der Waals surface area (Å²) in [6, 6.07) is 9.11. The van der Waals surface area contributed by atoms with Crippen molar-refractivity contribution in [1.82, 2.24) is 0 Å². The fourth-order valence-corrected chi connectivity index (χ4v) is 1.59. The summed E-state index contributed by atoms with van der Waals surface area (Å²) in [7, 11) is 0. The van der Waals surface area contributed by atoms with E-state index >= 15 is 0 Å². The molecule has 112 valence electrons. The molecule has 1 rings (SSSR count). The molecule has 1 aromatic carbocycles. The molecule has 2 N–H and O–H groups in total. The number of esters is 1. The smallest absolute Gasteiger partial charge is 0.434 e. The standard InChI is InChI=1S/C14H19NO4.ClH/c1-2-18-14(17)19-13(16)12(15)10-6-9-11-7-4-3-5-8-11;/h3-5,7-8,12H,2,6,9-10,15H2,1H3;1H. The van der Waals surface area contributed by atoms with E-state index in [1.165, 1.54) is 5.56 Å². The lowest BCUT2D eigenvalue weighted by Gasteiger charge is -2.09. The lowest BCUT2D eigenvalue weighted by atomic mass is 10.1. The summed E-state index contributed by atoms with van der Waals surface area (Å²) in [5.41, 5.74) is 6.83. The second-order valence-electron chi connectivity index (χ2n) is 4.09. The third kappa shape index (κ3) is 7.11. The van der Waals surface area contributed by atoms with Crippen LogP contribution in [0, 0.1) is 0 Å². The minimum atomic E-state index is -0.994. The first-order chi connectivity index (χ1) is 9.13. The van der Waals surface area contributed by atoms with Crippen molar-refractivity contribution in [3.05, 3.63) is 35.9 Å². The van der Waals surface area contributed by atoms with Gasteiger partial charge in [-0.15, -0.1) is 12.4 Å². The molecule has 0 spiro atoms. The Morgan fingerprint density at radius 3 is 2.50 bits per heavy atom. The zero-order chi connectivity index (χ0) is 14.1. The molecule has 0 bridgehead atoms. The number of benzene rings is 1. The van der Waals surface area contributed by atoms with E-state index in [1.54, 1.807) is 6.92 Å². The van der Waals surface area contributed by atoms with Crippen LogP contribution in [0.25, 0.3) is 0 Å². The average Bonchev–Trinajstić information content (AvgIpc) is 2.40. The van der Waals surface area contributed by atoms with Crippen LogP contribution in [0.2, 0.25) is 0 Å². The normalized spacial score (nSPS) is 11.1. The van der Waals surface area contributed by atoms with E-state index in [1.807, 2.05) is 30.3 Å². The van der Waals surface area contributed by atoms with E-state index < -0.39 is 18.2 Å². The van der Waals surface area contributed by atoms with Crippen molar-refractivity contribution in [1.29, 1.82) is 0 Å². The van der Waals surface area contributed by atoms with E-state index in [0.29, 0.717) is 6.42 Å². The van der Waals surface area contributed by atoms with Crippen molar-refractivity contribution in [2.24, 2.45) is 5.73 Å². The first kappa shape index (κ1) is 18.4. The third-order valence-corrected chi connectivity index (χ3v) is 2.57. The van der Waals surface area contributed by atoms with Crippen molar-refractivity contribution < 1.29 is 19.1 Å². The predicted octanol–water partition coefficient (Wildman–Crippen LogP) is 2.46. The summed E-state index contributed by atoms with van der Waals surface area (Å²) in [5, 5.41) is 0. The Kier molecular flexibility index (Phi) is 9.41. The van der Waals surface area contributed by atoms with Crippen LogP contribution in [0.3, 0.4) is 0 Å². The quantitative estimate of drug-likeness (QED) is 0.645. The number of carbonyl (C=O) groups is 2. The maximum atomic E-state index is 11.4. The highest BCUT2D eigenvalue weighted by atomic mass is 35.5. The van der Waals surface area contributed by atoms with Crippen LogP contribution in [0.15, 0.2) is 30.3 Å². The van der Waals surface area contributed by atoms with Gasteiger partial charge in [-0.1, -0.05) is 30.3 Å². The van der Waals surface area contributed by atoms with Gasteiger partial charge in [0.15, 0.2) is 0 Å². The van der Waals surface area contributed by atoms with Gasteiger partial charge in [0.2, 0.25) is 0 Å². The SMILES string of the molecule is CCOC(=O)OC(=O)C(N)CCCc1ccccc1.Cl. The predicted molar refractivity (Wildman–Crippen MR) is 77.7 cm³/mol. The average molecular weight is 302 g/mol. The molecule has 0 fully saturated rings. The molecule has 1 aromatic rings. The van der Waals surface area contributed by atoms with Crippen molar-refractivity contribution in [2.45, 2.75) is 32.2 Å². The Morgan fingerprint density at radius 1 is 1.25 bits per heavy atom. The lowest BCUT2D eigenvalue weighted by Crippen LogP contribution is -2.34. The number of hydrogen-bond acceptors (Lipinski definition) is 5. The summed E-state index contributed by atoms with van der Waals surface area (Å²) in [4.78, 5) is 22.4. The van der Waals surface area contributed by atoms with E-state index in [2.05, 4.69) is 9.47 Å². The largest absolute Gasteiger partial charge is 0.516 e. The van der Waals surface area contributed by atoms with E-state index in [9.17, 15) is 9.59 Å². The third-order valence-electron chi connectivity index (χ3n) is 2.57. The second-order valence-corrected chi connectivity index (χ2v) is 4.09. The van der Waals surface area contributed by atoms with Gasteiger partial charge in [-0.25, -0.2) is 9.59 Å². The monoisotopic (exact) mass is 301 g/mol. The molecule has 0 radical (unpaired) electrons. The highest BCUT2D eigenvalue weighted by Gasteiger charge is 2.19. The fourth-order valence-electron chi connectivity index (χ4n) is 1.59. The molecule has 5 nitrogen and oxygen atoms in total. The highest BCUT2D eigenvalue weighted by Crippen LogP contribution is 2.06. The molecule has 0 saturated heterocycles. The Labute approximate surface area is 124 Å². The number of carbonyl (C=O) groups excluding carboxylic acids is 2. The minimum Gasteiger partial charge on any atom is -0.434 e. The summed E-state index contributed by atoms with van der Waals surface area (Å²) in [6.45, 7) is 1.79. The number of halogens is 1. The van der Waals surface area contributed by atoms with Crippen LogP contribution in [-0.4, -0.2) is 24.8 Å². The van der Waals surface area contributed by atoms with Gasteiger partial charge in [-0.3, -0.25) is 0 Å². The Hall–Kier alpha value is -1.59. The number of aryl methyl sites for hydroxylation is 1. The molecule has 0 aliphatic carbocycles. The van der Waals surface area contributed by atoms with Crippen molar-refractivity contribution in [3.63, 3.8) is 0 Å². The van der Waals surface area contributed by atoms with Gasteiger partial charge < -0.3 is 15.2 Å². The van der Waals surface area contributed by atoms with Crippen LogP contribution in [-0.2, 0) is 20.7 Å². The first-order valence-electron chi connectivity index (χ1n) is 6.31. The van der Waals surface area contributed by atoms with Crippen LogP contribution in [0.5, 0.6) is 0 Å². The topological polar surface area (TPSA) is 78.6 Å². The molecule has 1 unspecified atom stereocenters. The lowest BCUT2D eigenvalue weighted by molar-refractivity contribution is -0.141. The van der Waals surface area contributed by atoms with Crippen molar-refractivity contribution in [2.75, 3.05) is 6.61 Å². The van der Waals surface area contributed by atoms with Crippen molar-refractivity contribution >= 4 is 24.5 Å². The van der Waals surface area contributed by atoms with E-state index in [4.69, 9.17) is 5.73 Å². The van der Waals surface area contributed by atoms with Crippen LogP contribution < -0.4 is 5.73 Å². The molecule has 6 heteroatoms. The Balaban J connectivity index is 0.00000361. The summed E-state index contributed by atoms with van der Waals surface area (Å²) in [6.07, 6.45) is 1.06. The minimum absolute atomic E-state index is 0. The van der Waals surface area contributed by atoms with Crippen molar-refractivity contribution in [3.8, 4) is 0 Å². The van der Waals surface area contributed by atoms with Gasteiger partial charge >= 0.3 is 12.1 Å². The highest BCUT2D eigenvalue weighted by molar-refractivity contribution is 5.85. The van der Waals surface area contributed by atoms with E-state index in [-0.39, 0.29) is 19.0 Å². The van der Waals surface area contributed by atoms with Gasteiger partial charge in [0.1, 0.15) is 6.04 Å². The zero-order valence-electron chi connectivity index (χ0n) is 11.4. The fraction of sp³-hybridized carbons (Fsp3) is 0.429. The molecule has 0 saturated carbocycles. The van der Waals surface area contributed by atoms with Crippen LogP contribution in [0.1, 0.15) is 25.3 Å². The number of ether oxygens (including phenoxy) is 2. The summed E-state index contributed by atoms with van der Waals surface area (Å²) < 4.78 is 8.93. The molecule has 1 atom stereocenters. The van der Waals surface area contributed by atoms with E-state index in [0.717, 1.165) is 12.8 Å². The molecule has 0 aliphatic rings. The Morgan fingerprint density at radius 2 is 1.90 bits per heavy atom. The molecule has 0 heterocycles. The first-order valence-corrected chi connectivity index (χ1v) is 6.31. The van der Waals surface area contributed by atoms with Gasteiger partial charge in [0.05, 0.1) is 6.61 Å². The van der Waals surface area contributed by atoms with Gasteiger partial charge in [-0.2, -0.15) is 0 Å². The molecule has 0 aliphatic heterocycles. The zero-order valence-corrected chi connectivity index (χ0v) is 12.2.